The molecule has 4 rings (SSSR count). The maximum absolute atomic E-state index is 13.1. The Labute approximate surface area is 172 Å². The number of anilines is 1. The second-order valence-corrected chi connectivity index (χ2v) is 7.90. The number of nitrogens with one attached hydrogen (secondary N) is 1. The fourth-order valence-corrected chi connectivity index (χ4v) is 4.31. The van der Waals surface area contributed by atoms with Gasteiger partial charge in [0.1, 0.15) is 0 Å². The summed E-state index contributed by atoms with van der Waals surface area (Å²) in [5.74, 6) is 0.175. The van der Waals surface area contributed by atoms with Crippen LogP contribution in [0.5, 0.6) is 0 Å². The van der Waals surface area contributed by atoms with Crippen molar-refractivity contribution in [1.82, 2.24) is 4.90 Å². The van der Waals surface area contributed by atoms with Crippen molar-refractivity contribution in [2.75, 3.05) is 24.5 Å². The summed E-state index contributed by atoms with van der Waals surface area (Å²) in [7, 11) is 0. The molecule has 1 fully saturated rings. The van der Waals surface area contributed by atoms with Gasteiger partial charge in [0.15, 0.2) is 0 Å². The lowest BCUT2D eigenvalue weighted by Crippen LogP contribution is -2.54. The first kappa shape index (κ1) is 19.2. The predicted octanol–water partition coefficient (Wildman–Crippen LogP) is 4.43. The van der Waals surface area contributed by atoms with Crippen molar-refractivity contribution in [1.29, 1.82) is 5.41 Å². The molecule has 0 radical (unpaired) electrons. The van der Waals surface area contributed by atoms with Crippen LogP contribution in [0.4, 0.5) is 5.69 Å². The Balaban J connectivity index is 1.49. The topological polar surface area (TPSA) is 47.4 Å². The molecule has 1 saturated heterocycles. The molecular weight excluding hydrogens is 358 g/mol. The van der Waals surface area contributed by atoms with Gasteiger partial charge in [-0.1, -0.05) is 48.5 Å². The highest BCUT2D eigenvalue weighted by Crippen LogP contribution is 2.25. The largest absolute Gasteiger partial charge is 0.365 e. The first-order valence-corrected chi connectivity index (χ1v) is 10.2. The highest BCUT2D eigenvalue weighted by atomic mass is 16.2. The minimum absolute atomic E-state index is 0.175. The lowest BCUT2D eigenvalue weighted by atomic mass is 9.97. The molecule has 1 aliphatic heterocycles. The zero-order valence-electron chi connectivity index (χ0n) is 17.1. The van der Waals surface area contributed by atoms with E-state index in [-0.39, 0.29) is 11.9 Å². The highest BCUT2D eigenvalue weighted by molar-refractivity contribution is 6.01. The molecule has 0 aliphatic carbocycles. The SMILES string of the molecule is Cc1cccc(N2CCN(C(=O)Cc3ccc(C=N)c4ccccc34)CC2C)c1. The normalized spacial score (nSPS) is 16.8. The van der Waals surface area contributed by atoms with Crippen LogP contribution in [0.2, 0.25) is 0 Å². The van der Waals surface area contributed by atoms with Crippen molar-refractivity contribution in [2.45, 2.75) is 26.3 Å². The molecule has 1 N–H and O–H groups in total. The van der Waals surface area contributed by atoms with E-state index in [4.69, 9.17) is 5.41 Å². The molecule has 3 aromatic rings. The lowest BCUT2D eigenvalue weighted by Gasteiger charge is -2.41. The Morgan fingerprint density at radius 1 is 1.07 bits per heavy atom. The number of carbonyl (C=O) groups is 1. The van der Waals surface area contributed by atoms with Gasteiger partial charge in [-0.05, 0) is 53.4 Å². The molecule has 4 nitrogen and oxygen atoms in total. The number of fused-ring (bicyclic) bond motifs is 1. The number of piperazine rings is 1. The Kier molecular flexibility index (Phi) is 5.34. The summed E-state index contributed by atoms with van der Waals surface area (Å²) in [6.07, 6.45) is 1.77. The van der Waals surface area contributed by atoms with Gasteiger partial charge in [0.05, 0.1) is 6.42 Å². The molecule has 1 amide bonds. The third-order valence-corrected chi connectivity index (χ3v) is 5.86. The fraction of sp³-hybridized carbons (Fsp3) is 0.280. The summed E-state index contributed by atoms with van der Waals surface area (Å²) in [5.41, 5.74) is 4.41. The van der Waals surface area contributed by atoms with E-state index in [9.17, 15) is 4.79 Å². The highest BCUT2D eigenvalue weighted by Gasteiger charge is 2.27. The van der Waals surface area contributed by atoms with Crippen LogP contribution >= 0.6 is 0 Å². The second-order valence-electron chi connectivity index (χ2n) is 7.90. The molecule has 0 aromatic heterocycles. The average Bonchev–Trinajstić information content (AvgIpc) is 2.74. The summed E-state index contributed by atoms with van der Waals surface area (Å²) in [5, 5.41) is 9.71. The Hall–Kier alpha value is -3.14. The predicted molar refractivity (Wildman–Crippen MR) is 120 cm³/mol. The van der Waals surface area contributed by atoms with E-state index in [1.807, 2.05) is 41.3 Å². The first-order valence-electron chi connectivity index (χ1n) is 10.2. The molecular formula is C25H27N3O. The van der Waals surface area contributed by atoms with Crippen LogP contribution in [0.25, 0.3) is 10.8 Å². The number of aryl methyl sites for hydroxylation is 1. The van der Waals surface area contributed by atoms with Gasteiger partial charge in [0.2, 0.25) is 5.91 Å². The molecule has 148 valence electrons. The lowest BCUT2D eigenvalue weighted by molar-refractivity contribution is -0.131. The number of hydrogen-bond donors (Lipinski definition) is 1. The monoisotopic (exact) mass is 385 g/mol. The minimum Gasteiger partial charge on any atom is -0.365 e. The van der Waals surface area contributed by atoms with Crippen molar-refractivity contribution in [3.63, 3.8) is 0 Å². The van der Waals surface area contributed by atoms with Gasteiger partial charge in [-0.15, -0.1) is 0 Å². The first-order chi connectivity index (χ1) is 14.1. The maximum atomic E-state index is 13.1. The van der Waals surface area contributed by atoms with Crippen LogP contribution in [0.3, 0.4) is 0 Å². The van der Waals surface area contributed by atoms with Gasteiger partial charge in [0, 0.05) is 37.6 Å². The standard InChI is InChI=1S/C25H27N3O/c1-18-6-5-7-22(14-18)28-13-12-27(17-19(28)2)25(29)15-20-10-11-21(16-26)24-9-4-3-8-23(20)24/h3-11,14,16,19,26H,12-13,15,17H2,1-2H3. The number of hydrogen-bond acceptors (Lipinski definition) is 3. The molecule has 1 atom stereocenters. The zero-order valence-corrected chi connectivity index (χ0v) is 17.1. The number of carbonyl (C=O) groups excluding carboxylic acids is 1. The molecule has 0 bridgehead atoms. The zero-order chi connectivity index (χ0) is 20.4. The van der Waals surface area contributed by atoms with Gasteiger partial charge >= 0.3 is 0 Å². The second kappa shape index (κ2) is 8.08. The van der Waals surface area contributed by atoms with Gasteiger partial charge in [-0.25, -0.2) is 0 Å². The Bertz CT molecular complexity index is 1060. The quantitative estimate of drug-likeness (QED) is 0.676. The number of rotatable bonds is 4. The molecule has 1 aliphatic rings. The van der Waals surface area contributed by atoms with Crippen molar-refractivity contribution in [3.8, 4) is 0 Å². The van der Waals surface area contributed by atoms with Crippen LogP contribution < -0.4 is 4.90 Å². The van der Waals surface area contributed by atoms with Crippen molar-refractivity contribution >= 4 is 28.6 Å². The summed E-state index contributed by atoms with van der Waals surface area (Å²) < 4.78 is 0. The van der Waals surface area contributed by atoms with E-state index in [1.165, 1.54) is 17.5 Å². The van der Waals surface area contributed by atoms with Crippen LogP contribution in [-0.4, -0.2) is 42.7 Å². The summed E-state index contributed by atoms with van der Waals surface area (Å²) >= 11 is 0. The van der Waals surface area contributed by atoms with E-state index < -0.39 is 0 Å². The van der Waals surface area contributed by atoms with E-state index in [0.29, 0.717) is 6.42 Å². The van der Waals surface area contributed by atoms with E-state index >= 15 is 0 Å². The smallest absolute Gasteiger partial charge is 0.227 e. The van der Waals surface area contributed by atoms with Gasteiger partial charge < -0.3 is 15.2 Å². The summed E-state index contributed by atoms with van der Waals surface area (Å²) in [6, 6.07) is 20.8. The maximum Gasteiger partial charge on any atom is 0.227 e. The molecule has 1 unspecified atom stereocenters. The van der Waals surface area contributed by atoms with Crippen LogP contribution in [-0.2, 0) is 11.2 Å². The molecule has 29 heavy (non-hydrogen) atoms. The number of benzene rings is 3. The molecule has 0 spiro atoms. The third-order valence-electron chi connectivity index (χ3n) is 5.86. The van der Waals surface area contributed by atoms with Crippen molar-refractivity contribution < 1.29 is 4.79 Å². The fourth-order valence-electron chi connectivity index (χ4n) is 4.31. The summed E-state index contributed by atoms with van der Waals surface area (Å²) in [4.78, 5) is 17.5. The Morgan fingerprint density at radius 3 is 2.59 bits per heavy atom. The minimum atomic E-state index is 0.175. The van der Waals surface area contributed by atoms with E-state index in [2.05, 4.69) is 43.0 Å². The summed E-state index contributed by atoms with van der Waals surface area (Å²) in [6.45, 7) is 6.64. The van der Waals surface area contributed by atoms with Crippen molar-refractivity contribution in [2.24, 2.45) is 0 Å². The molecule has 1 heterocycles. The average molecular weight is 386 g/mol. The van der Waals surface area contributed by atoms with Crippen LogP contribution in [0, 0.1) is 12.3 Å². The molecule has 4 heteroatoms. The van der Waals surface area contributed by atoms with E-state index in [0.717, 1.165) is 41.5 Å². The van der Waals surface area contributed by atoms with Crippen LogP contribution in [0.1, 0.15) is 23.6 Å². The van der Waals surface area contributed by atoms with Gasteiger partial charge in [-0.3, -0.25) is 4.79 Å². The van der Waals surface area contributed by atoms with Gasteiger partial charge in [0.25, 0.3) is 0 Å². The third kappa shape index (κ3) is 3.88. The molecule has 3 aromatic carbocycles. The number of nitrogens with zero attached hydrogens (tertiary/aromatic N) is 2. The molecule has 0 saturated carbocycles. The number of amides is 1. The van der Waals surface area contributed by atoms with Crippen molar-refractivity contribution in [3.05, 3.63) is 77.4 Å². The van der Waals surface area contributed by atoms with Crippen LogP contribution in [0.15, 0.2) is 60.7 Å². The van der Waals surface area contributed by atoms with E-state index in [1.54, 1.807) is 0 Å². The van der Waals surface area contributed by atoms with Gasteiger partial charge in [-0.2, -0.15) is 0 Å². The Morgan fingerprint density at radius 2 is 1.86 bits per heavy atom.